The van der Waals surface area contributed by atoms with Gasteiger partial charge < -0.3 is 15.1 Å². The quantitative estimate of drug-likeness (QED) is 0.616. The SMILES string of the molecule is O=C1CC[C@@](CCC(=O)N2CCN(c3ccccc3)C(=O)C2)(Cc2cccc3ccccc23)N1. The Labute approximate surface area is 199 Å². The Kier molecular flexibility index (Phi) is 6.05. The van der Waals surface area contributed by atoms with Gasteiger partial charge in [-0.25, -0.2) is 0 Å². The molecule has 3 amide bonds. The Morgan fingerprint density at radius 1 is 0.912 bits per heavy atom. The van der Waals surface area contributed by atoms with Crippen molar-refractivity contribution in [3.05, 3.63) is 78.4 Å². The number of anilines is 1. The number of hydrogen-bond acceptors (Lipinski definition) is 3. The fourth-order valence-electron chi connectivity index (χ4n) is 5.26. The third kappa shape index (κ3) is 4.53. The first-order chi connectivity index (χ1) is 16.5. The molecule has 0 aromatic heterocycles. The Hall–Kier alpha value is -3.67. The predicted octanol–water partition coefficient (Wildman–Crippen LogP) is 3.69. The molecule has 0 radical (unpaired) electrons. The number of amides is 3. The summed E-state index contributed by atoms with van der Waals surface area (Å²) in [7, 11) is 0. The minimum Gasteiger partial charge on any atom is -0.350 e. The van der Waals surface area contributed by atoms with Crippen LogP contribution in [-0.4, -0.2) is 47.8 Å². The van der Waals surface area contributed by atoms with Gasteiger partial charge in [-0.15, -0.1) is 0 Å². The minimum absolute atomic E-state index is 0.0282. The predicted molar refractivity (Wildman–Crippen MR) is 132 cm³/mol. The van der Waals surface area contributed by atoms with Gasteiger partial charge >= 0.3 is 0 Å². The van der Waals surface area contributed by atoms with Crippen molar-refractivity contribution in [2.45, 2.75) is 37.6 Å². The van der Waals surface area contributed by atoms with Crippen molar-refractivity contribution in [3.8, 4) is 0 Å². The molecule has 3 aromatic rings. The van der Waals surface area contributed by atoms with E-state index < -0.39 is 5.54 Å². The molecule has 0 saturated carbocycles. The Bertz CT molecular complexity index is 1220. The van der Waals surface area contributed by atoms with E-state index in [-0.39, 0.29) is 24.3 Å². The van der Waals surface area contributed by atoms with Crippen LogP contribution in [0.15, 0.2) is 72.8 Å². The van der Waals surface area contributed by atoms with E-state index >= 15 is 0 Å². The van der Waals surface area contributed by atoms with Crippen molar-refractivity contribution in [1.29, 1.82) is 0 Å². The lowest BCUT2D eigenvalue weighted by atomic mass is 9.83. The molecule has 0 spiro atoms. The lowest BCUT2D eigenvalue weighted by molar-refractivity contribution is -0.137. The first-order valence-electron chi connectivity index (χ1n) is 11.9. The van der Waals surface area contributed by atoms with Gasteiger partial charge in [-0.05, 0) is 47.7 Å². The molecule has 5 rings (SSSR count). The molecule has 6 nitrogen and oxygen atoms in total. The van der Waals surface area contributed by atoms with Gasteiger partial charge in [0.25, 0.3) is 0 Å². The van der Waals surface area contributed by atoms with E-state index in [1.807, 2.05) is 48.5 Å². The summed E-state index contributed by atoms with van der Waals surface area (Å²) in [6, 6.07) is 24.1. The maximum Gasteiger partial charge on any atom is 0.246 e. The highest BCUT2D eigenvalue weighted by molar-refractivity contribution is 5.98. The number of nitrogens with one attached hydrogen (secondary N) is 1. The molecule has 1 atom stereocenters. The van der Waals surface area contributed by atoms with E-state index in [0.29, 0.717) is 45.2 Å². The monoisotopic (exact) mass is 455 g/mol. The topological polar surface area (TPSA) is 69.7 Å². The molecule has 2 fully saturated rings. The van der Waals surface area contributed by atoms with Crippen LogP contribution in [0.25, 0.3) is 10.8 Å². The molecule has 1 N–H and O–H groups in total. The highest BCUT2D eigenvalue weighted by Crippen LogP contribution is 2.32. The second-order valence-corrected chi connectivity index (χ2v) is 9.34. The molecule has 0 aliphatic carbocycles. The lowest BCUT2D eigenvalue weighted by Gasteiger charge is -2.35. The molecule has 6 heteroatoms. The highest BCUT2D eigenvalue weighted by Gasteiger charge is 2.39. The standard InChI is InChI=1S/C28H29N3O3/c32-25-13-15-28(29-25,19-22-9-6-8-21-7-4-5-12-24(21)22)16-14-26(33)30-17-18-31(27(34)20-30)23-10-2-1-3-11-23/h1-12H,13-20H2,(H,29,32)/t28-/m1/s1. The number of carbonyl (C=O) groups is 3. The number of hydrogen-bond donors (Lipinski definition) is 1. The van der Waals surface area contributed by atoms with E-state index in [9.17, 15) is 14.4 Å². The van der Waals surface area contributed by atoms with E-state index in [4.69, 9.17) is 0 Å². The van der Waals surface area contributed by atoms with Gasteiger partial charge in [0.05, 0.1) is 0 Å². The third-order valence-electron chi connectivity index (χ3n) is 7.10. The fourth-order valence-corrected chi connectivity index (χ4v) is 5.26. The molecule has 0 bridgehead atoms. The van der Waals surface area contributed by atoms with Gasteiger partial charge in [-0.1, -0.05) is 60.7 Å². The summed E-state index contributed by atoms with van der Waals surface area (Å²) in [6.07, 6.45) is 2.75. The minimum atomic E-state index is -0.438. The van der Waals surface area contributed by atoms with Crippen LogP contribution in [0.3, 0.4) is 0 Å². The molecule has 174 valence electrons. The smallest absolute Gasteiger partial charge is 0.246 e. The molecule has 2 aliphatic heterocycles. The first kappa shape index (κ1) is 22.1. The van der Waals surface area contributed by atoms with Crippen LogP contribution in [0.4, 0.5) is 5.69 Å². The average molecular weight is 456 g/mol. The van der Waals surface area contributed by atoms with Gasteiger partial charge in [0, 0.05) is 37.2 Å². The van der Waals surface area contributed by atoms with Crippen molar-refractivity contribution in [2.24, 2.45) is 0 Å². The van der Waals surface area contributed by atoms with Crippen LogP contribution < -0.4 is 10.2 Å². The van der Waals surface area contributed by atoms with Crippen LogP contribution in [-0.2, 0) is 20.8 Å². The summed E-state index contributed by atoms with van der Waals surface area (Å²) in [5.41, 5.74) is 1.61. The summed E-state index contributed by atoms with van der Waals surface area (Å²) in [5, 5.41) is 5.54. The molecule has 2 aliphatic rings. The van der Waals surface area contributed by atoms with Crippen molar-refractivity contribution in [3.63, 3.8) is 0 Å². The summed E-state index contributed by atoms with van der Waals surface area (Å²) in [6.45, 7) is 1.10. The molecular formula is C28H29N3O3. The number of para-hydroxylation sites is 1. The van der Waals surface area contributed by atoms with Crippen molar-refractivity contribution < 1.29 is 14.4 Å². The summed E-state index contributed by atoms with van der Waals surface area (Å²) in [4.78, 5) is 41.4. The van der Waals surface area contributed by atoms with E-state index in [1.54, 1.807) is 9.80 Å². The second kappa shape index (κ2) is 9.29. The van der Waals surface area contributed by atoms with Crippen LogP contribution >= 0.6 is 0 Å². The van der Waals surface area contributed by atoms with Crippen LogP contribution in [0.5, 0.6) is 0 Å². The second-order valence-electron chi connectivity index (χ2n) is 9.34. The molecule has 2 heterocycles. The summed E-state index contributed by atoms with van der Waals surface area (Å²) < 4.78 is 0. The molecule has 34 heavy (non-hydrogen) atoms. The first-order valence-corrected chi connectivity index (χ1v) is 11.9. The number of rotatable bonds is 6. The fraction of sp³-hybridized carbons (Fsp3) is 0.321. The van der Waals surface area contributed by atoms with Crippen LogP contribution in [0.2, 0.25) is 0 Å². The van der Waals surface area contributed by atoms with Gasteiger partial charge in [0.1, 0.15) is 6.54 Å². The van der Waals surface area contributed by atoms with Gasteiger partial charge in [0.2, 0.25) is 17.7 Å². The molecule has 2 saturated heterocycles. The van der Waals surface area contributed by atoms with E-state index in [0.717, 1.165) is 5.69 Å². The van der Waals surface area contributed by atoms with Gasteiger partial charge in [0.15, 0.2) is 0 Å². The highest BCUT2D eigenvalue weighted by atomic mass is 16.2. The van der Waals surface area contributed by atoms with Crippen molar-refractivity contribution >= 4 is 34.2 Å². The molecule has 0 unspecified atom stereocenters. The third-order valence-corrected chi connectivity index (χ3v) is 7.10. The molecule has 3 aromatic carbocycles. The normalized spacial score (nSPS) is 20.6. The summed E-state index contributed by atoms with van der Waals surface area (Å²) in [5.74, 6) is -0.0516. The zero-order valence-corrected chi connectivity index (χ0v) is 19.2. The zero-order valence-electron chi connectivity index (χ0n) is 19.2. The Morgan fingerprint density at radius 3 is 2.44 bits per heavy atom. The van der Waals surface area contributed by atoms with Crippen LogP contribution in [0, 0.1) is 0 Å². The maximum atomic E-state index is 13.1. The Balaban J connectivity index is 1.26. The summed E-state index contributed by atoms with van der Waals surface area (Å²) >= 11 is 0. The van der Waals surface area contributed by atoms with E-state index in [2.05, 4.69) is 29.6 Å². The number of carbonyl (C=O) groups excluding carboxylic acids is 3. The Morgan fingerprint density at radius 2 is 1.68 bits per heavy atom. The van der Waals surface area contributed by atoms with Crippen molar-refractivity contribution in [1.82, 2.24) is 10.2 Å². The number of piperazine rings is 1. The average Bonchev–Trinajstić information content (AvgIpc) is 3.23. The van der Waals surface area contributed by atoms with Crippen molar-refractivity contribution in [2.75, 3.05) is 24.5 Å². The van der Waals surface area contributed by atoms with Gasteiger partial charge in [-0.3, -0.25) is 14.4 Å². The largest absolute Gasteiger partial charge is 0.350 e. The van der Waals surface area contributed by atoms with Crippen LogP contribution in [0.1, 0.15) is 31.2 Å². The van der Waals surface area contributed by atoms with Gasteiger partial charge in [-0.2, -0.15) is 0 Å². The number of nitrogens with zero attached hydrogens (tertiary/aromatic N) is 2. The number of benzene rings is 3. The number of fused-ring (bicyclic) bond motifs is 1. The lowest BCUT2D eigenvalue weighted by Crippen LogP contribution is -2.53. The zero-order chi connectivity index (χ0) is 23.5. The molecular weight excluding hydrogens is 426 g/mol. The maximum absolute atomic E-state index is 13.1. The van der Waals surface area contributed by atoms with E-state index in [1.165, 1.54) is 16.3 Å².